The summed E-state index contributed by atoms with van der Waals surface area (Å²) in [4.78, 5) is 7.40. The number of rotatable bonds is 9. The molecule has 1 fully saturated rings. The monoisotopic (exact) mass is 425 g/mol. The zero-order valence-electron chi connectivity index (χ0n) is 18.6. The number of nitrogens with one attached hydrogen (secondary N) is 1. The van der Waals surface area contributed by atoms with E-state index in [4.69, 9.17) is 18.9 Å². The maximum atomic E-state index is 5.78. The Labute approximate surface area is 185 Å². The summed E-state index contributed by atoms with van der Waals surface area (Å²) in [6, 6.07) is 13.2. The van der Waals surface area contributed by atoms with Gasteiger partial charge in [-0.3, -0.25) is 4.99 Å². The molecule has 2 aromatic rings. The van der Waals surface area contributed by atoms with Crippen molar-refractivity contribution in [2.75, 3.05) is 46.6 Å². The molecule has 2 atom stereocenters. The second kappa shape index (κ2) is 11.3. The summed E-state index contributed by atoms with van der Waals surface area (Å²) in [5.74, 6) is 2.57. The van der Waals surface area contributed by atoms with Crippen LogP contribution >= 0.6 is 0 Å². The third-order valence-electron chi connectivity index (χ3n) is 6.25. The van der Waals surface area contributed by atoms with Crippen molar-refractivity contribution >= 4 is 5.96 Å². The first-order chi connectivity index (χ1) is 15.3. The van der Waals surface area contributed by atoms with Gasteiger partial charge in [-0.25, -0.2) is 0 Å². The van der Waals surface area contributed by atoms with E-state index < -0.39 is 0 Å². The van der Waals surface area contributed by atoms with E-state index in [0.29, 0.717) is 25.2 Å². The number of furan rings is 1. The Balaban J connectivity index is 1.36. The minimum atomic E-state index is 0.425. The molecule has 168 valence electrons. The molecule has 0 amide bonds. The number of aryl methyl sites for hydroxylation is 1. The zero-order chi connectivity index (χ0) is 21.3. The van der Waals surface area contributed by atoms with Crippen LogP contribution in [0.25, 0.3) is 0 Å². The third kappa shape index (κ3) is 6.34. The van der Waals surface area contributed by atoms with E-state index in [-0.39, 0.29) is 0 Å². The number of nitrogens with zero attached hydrogens (tertiary/aromatic N) is 2. The molecule has 0 saturated carbocycles. The number of hydrogen-bond acceptors (Lipinski definition) is 4. The van der Waals surface area contributed by atoms with Crippen molar-refractivity contribution in [3.63, 3.8) is 0 Å². The second-order valence-electron chi connectivity index (χ2n) is 8.56. The van der Waals surface area contributed by atoms with Gasteiger partial charge in [0.05, 0.1) is 26.1 Å². The van der Waals surface area contributed by atoms with Crippen LogP contribution in [0.5, 0.6) is 0 Å². The van der Waals surface area contributed by atoms with Crippen molar-refractivity contribution in [2.45, 2.75) is 38.1 Å². The van der Waals surface area contributed by atoms with Gasteiger partial charge in [-0.05, 0) is 48.9 Å². The fourth-order valence-electron chi connectivity index (χ4n) is 4.52. The summed E-state index contributed by atoms with van der Waals surface area (Å²) in [6.07, 6.45) is 7.02. The highest BCUT2D eigenvalue weighted by atomic mass is 16.5. The van der Waals surface area contributed by atoms with Gasteiger partial charge in [-0.1, -0.05) is 24.3 Å². The number of fused-ring (bicyclic) bond motifs is 1. The fourth-order valence-corrected chi connectivity index (χ4v) is 4.52. The number of hydrogen-bond donors (Lipinski definition) is 1. The van der Waals surface area contributed by atoms with E-state index in [0.717, 1.165) is 70.1 Å². The SMILES string of the molecule is COCCOCC1CCN(C(=NCCc2ccco2)NC2CCc3ccccc3C2)C1. The summed E-state index contributed by atoms with van der Waals surface area (Å²) in [6.45, 7) is 4.84. The molecule has 2 heterocycles. The Kier molecular flexibility index (Phi) is 8.02. The van der Waals surface area contributed by atoms with E-state index >= 15 is 0 Å². The van der Waals surface area contributed by atoms with E-state index in [9.17, 15) is 0 Å². The van der Waals surface area contributed by atoms with Crippen molar-refractivity contribution in [3.05, 3.63) is 59.5 Å². The lowest BCUT2D eigenvalue weighted by Crippen LogP contribution is -2.47. The maximum absolute atomic E-state index is 5.78. The van der Waals surface area contributed by atoms with Crippen molar-refractivity contribution < 1.29 is 13.9 Å². The molecule has 0 bridgehead atoms. The number of guanidine groups is 1. The Bertz CT molecular complexity index is 821. The molecular formula is C25H35N3O3. The highest BCUT2D eigenvalue weighted by Crippen LogP contribution is 2.22. The largest absolute Gasteiger partial charge is 0.469 e. The summed E-state index contributed by atoms with van der Waals surface area (Å²) >= 11 is 0. The molecule has 2 aliphatic rings. The quantitative estimate of drug-likeness (QED) is 0.379. The van der Waals surface area contributed by atoms with Gasteiger partial charge < -0.3 is 24.1 Å². The van der Waals surface area contributed by atoms with Crippen LogP contribution in [0, 0.1) is 5.92 Å². The average molecular weight is 426 g/mol. The van der Waals surface area contributed by atoms with Crippen LogP contribution in [0.4, 0.5) is 0 Å². The van der Waals surface area contributed by atoms with Crippen LogP contribution < -0.4 is 5.32 Å². The summed E-state index contributed by atoms with van der Waals surface area (Å²) in [7, 11) is 1.71. The van der Waals surface area contributed by atoms with Crippen LogP contribution in [-0.4, -0.2) is 63.5 Å². The fraction of sp³-hybridized carbons (Fsp3) is 0.560. The van der Waals surface area contributed by atoms with Crippen molar-refractivity contribution in [2.24, 2.45) is 10.9 Å². The Morgan fingerprint density at radius 1 is 1.16 bits per heavy atom. The number of ether oxygens (including phenoxy) is 2. The van der Waals surface area contributed by atoms with Crippen molar-refractivity contribution in [3.8, 4) is 0 Å². The van der Waals surface area contributed by atoms with Crippen LogP contribution in [-0.2, 0) is 28.7 Å². The van der Waals surface area contributed by atoms with Gasteiger partial charge in [0.1, 0.15) is 5.76 Å². The minimum Gasteiger partial charge on any atom is -0.469 e. The molecule has 1 aliphatic heterocycles. The molecule has 1 aromatic heterocycles. The maximum Gasteiger partial charge on any atom is 0.194 e. The highest BCUT2D eigenvalue weighted by Gasteiger charge is 2.27. The number of benzene rings is 1. The van der Waals surface area contributed by atoms with Crippen molar-refractivity contribution in [1.82, 2.24) is 10.2 Å². The molecule has 6 heteroatoms. The summed E-state index contributed by atoms with van der Waals surface area (Å²) in [5, 5.41) is 3.80. The second-order valence-corrected chi connectivity index (χ2v) is 8.56. The average Bonchev–Trinajstić information content (AvgIpc) is 3.48. The Morgan fingerprint density at radius 2 is 2.06 bits per heavy atom. The smallest absolute Gasteiger partial charge is 0.194 e. The lowest BCUT2D eigenvalue weighted by molar-refractivity contribution is 0.0536. The number of aliphatic imine (C=N–C) groups is 1. The molecule has 1 N–H and O–H groups in total. The van der Waals surface area contributed by atoms with E-state index in [1.165, 1.54) is 11.1 Å². The van der Waals surface area contributed by atoms with Gasteiger partial charge in [0, 0.05) is 45.1 Å². The number of methoxy groups -OCH3 is 1. The first kappa shape index (κ1) is 21.9. The Hall–Kier alpha value is -2.31. The van der Waals surface area contributed by atoms with Crippen LogP contribution in [0.3, 0.4) is 0 Å². The highest BCUT2D eigenvalue weighted by molar-refractivity contribution is 5.80. The predicted molar refractivity (Wildman–Crippen MR) is 122 cm³/mol. The number of likely N-dealkylation sites (tertiary alicyclic amines) is 1. The van der Waals surface area contributed by atoms with Crippen molar-refractivity contribution in [1.29, 1.82) is 0 Å². The topological polar surface area (TPSA) is 59.2 Å². The minimum absolute atomic E-state index is 0.425. The molecule has 1 aliphatic carbocycles. The van der Waals surface area contributed by atoms with E-state index in [1.54, 1.807) is 13.4 Å². The standard InChI is InChI=1S/C25H35N3O3/c1-29-15-16-30-19-20-11-13-28(18-20)25(26-12-10-24-7-4-14-31-24)27-23-9-8-21-5-2-3-6-22(21)17-23/h2-7,14,20,23H,8-13,15-19H2,1H3,(H,26,27). The van der Waals surface area contributed by atoms with Gasteiger partial charge in [0.2, 0.25) is 0 Å². The van der Waals surface area contributed by atoms with Gasteiger partial charge in [0.15, 0.2) is 5.96 Å². The molecule has 2 unspecified atom stereocenters. The van der Waals surface area contributed by atoms with E-state index in [1.807, 2.05) is 12.1 Å². The van der Waals surface area contributed by atoms with Crippen LogP contribution in [0.15, 0.2) is 52.1 Å². The third-order valence-corrected chi connectivity index (χ3v) is 6.25. The zero-order valence-corrected chi connectivity index (χ0v) is 18.6. The lowest BCUT2D eigenvalue weighted by Gasteiger charge is -2.30. The Morgan fingerprint density at radius 3 is 2.90 bits per heavy atom. The first-order valence-electron chi connectivity index (χ1n) is 11.5. The molecule has 0 spiro atoms. The predicted octanol–water partition coefficient (Wildman–Crippen LogP) is 3.31. The molecule has 0 radical (unpaired) electrons. The van der Waals surface area contributed by atoms with Gasteiger partial charge in [-0.2, -0.15) is 0 Å². The summed E-state index contributed by atoms with van der Waals surface area (Å²) < 4.78 is 16.3. The van der Waals surface area contributed by atoms with E-state index in [2.05, 4.69) is 34.5 Å². The molecule has 4 rings (SSSR count). The van der Waals surface area contributed by atoms with Gasteiger partial charge >= 0.3 is 0 Å². The van der Waals surface area contributed by atoms with Gasteiger partial charge in [0.25, 0.3) is 0 Å². The molecule has 6 nitrogen and oxygen atoms in total. The first-order valence-corrected chi connectivity index (χ1v) is 11.5. The normalized spacial score (nSPS) is 21.3. The van der Waals surface area contributed by atoms with Crippen LogP contribution in [0.2, 0.25) is 0 Å². The molecular weight excluding hydrogens is 390 g/mol. The molecule has 31 heavy (non-hydrogen) atoms. The van der Waals surface area contributed by atoms with Gasteiger partial charge in [-0.15, -0.1) is 0 Å². The summed E-state index contributed by atoms with van der Waals surface area (Å²) in [5.41, 5.74) is 2.96. The lowest BCUT2D eigenvalue weighted by atomic mass is 9.88. The molecule has 1 saturated heterocycles. The molecule has 1 aromatic carbocycles. The van der Waals surface area contributed by atoms with Crippen LogP contribution in [0.1, 0.15) is 29.7 Å².